The Labute approximate surface area is 146 Å². The molecule has 0 bridgehead atoms. The van der Waals surface area contributed by atoms with E-state index in [2.05, 4.69) is 12.1 Å². The molecule has 2 aliphatic carbocycles. The molecule has 0 atom stereocenters. The second kappa shape index (κ2) is 8.53. The first-order valence-electron chi connectivity index (χ1n) is 9.50. The Balaban J connectivity index is 1.43. The summed E-state index contributed by atoms with van der Waals surface area (Å²) in [5.74, 6) is 3.68. The third-order valence-corrected chi connectivity index (χ3v) is 6.65. The lowest BCUT2D eigenvalue weighted by Crippen LogP contribution is -2.25. The van der Waals surface area contributed by atoms with Crippen LogP contribution in [-0.4, -0.2) is 13.7 Å². The quantitative estimate of drug-likeness (QED) is 0.600. The molecule has 1 aromatic rings. The number of rotatable bonds is 5. The van der Waals surface area contributed by atoms with Gasteiger partial charge in [0, 0.05) is 18.7 Å². The second-order valence-electron chi connectivity index (χ2n) is 7.73. The highest BCUT2D eigenvalue weighted by atomic mass is 35.5. The van der Waals surface area contributed by atoms with Crippen molar-refractivity contribution in [3.05, 3.63) is 34.9 Å². The molecular formula is C21H31ClO. The molecule has 0 aliphatic heterocycles. The van der Waals surface area contributed by atoms with Gasteiger partial charge in [-0.05, 0) is 86.3 Å². The molecule has 0 unspecified atom stereocenters. The van der Waals surface area contributed by atoms with Crippen LogP contribution in [-0.2, 0) is 4.74 Å². The maximum atomic E-state index is 6.01. The van der Waals surface area contributed by atoms with E-state index in [0.29, 0.717) is 0 Å². The van der Waals surface area contributed by atoms with Gasteiger partial charge in [0.05, 0.1) is 0 Å². The van der Waals surface area contributed by atoms with Crippen molar-refractivity contribution in [1.82, 2.24) is 0 Å². The zero-order chi connectivity index (χ0) is 16.1. The van der Waals surface area contributed by atoms with Crippen LogP contribution in [0.25, 0.3) is 0 Å². The zero-order valence-corrected chi connectivity index (χ0v) is 15.2. The Morgan fingerprint density at radius 2 is 1.43 bits per heavy atom. The fraction of sp³-hybridized carbons (Fsp3) is 0.714. The average molecular weight is 335 g/mol. The molecule has 0 N–H and O–H groups in total. The van der Waals surface area contributed by atoms with Gasteiger partial charge in [0.25, 0.3) is 0 Å². The van der Waals surface area contributed by atoms with E-state index in [1.54, 1.807) is 0 Å². The van der Waals surface area contributed by atoms with Crippen LogP contribution >= 0.6 is 11.6 Å². The fourth-order valence-electron chi connectivity index (χ4n) is 4.89. The minimum Gasteiger partial charge on any atom is -0.385 e. The molecule has 1 aromatic carbocycles. The average Bonchev–Trinajstić information content (AvgIpc) is 2.61. The Hall–Kier alpha value is -0.530. The molecule has 0 heterocycles. The molecule has 2 fully saturated rings. The Kier molecular flexibility index (Phi) is 6.42. The molecule has 0 amide bonds. The van der Waals surface area contributed by atoms with Crippen LogP contribution in [0.4, 0.5) is 0 Å². The Bertz CT molecular complexity index is 453. The highest BCUT2D eigenvalue weighted by Crippen LogP contribution is 2.44. The minimum atomic E-state index is 0.765. The van der Waals surface area contributed by atoms with Gasteiger partial charge >= 0.3 is 0 Å². The van der Waals surface area contributed by atoms with E-state index in [0.717, 1.165) is 35.3 Å². The van der Waals surface area contributed by atoms with Crippen LogP contribution in [0.3, 0.4) is 0 Å². The van der Waals surface area contributed by atoms with Gasteiger partial charge in [-0.1, -0.05) is 36.6 Å². The van der Waals surface area contributed by atoms with E-state index >= 15 is 0 Å². The van der Waals surface area contributed by atoms with Gasteiger partial charge in [-0.3, -0.25) is 0 Å². The van der Waals surface area contributed by atoms with Gasteiger partial charge in [-0.2, -0.15) is 0 Å². The largest absolute Gasteiger partial charge is 0.385 e. The highest BCUT2D eigenvalue weighted by molar-refractivity contribution is 6.30. The molecular weight excluding hydrogens is 304 g/mol. The van der Waals surface area contributed by atoms with Crippen molar-refractivity contribution >= 4 is 11.6 Å². The third-order valence-electron chi connectivity index (χ3n) is 6.40. The number of ether oxygens (including phenoxy) is 1. The number of hydrogen-bond donors (Lipinski definition) is 0. The van der Waals surface area contributed by atoms with Crippen molar-refractivity contribution in [2.24, 2.45) is 17.8 Å². The third kappa shape index (κ3) is 4.73. The number of methoxy groups -OCH3 is 1. The summed E-state index contributed by atoms with van der Waals surface area (Å²) >= 11 is 6.01. The van der Waals surface area contributed by atoms with E-state index in [4.69, 9.17) is 16.3 Å². The summed E-state index contributed by atoms with van der Waals surface area (Å²) in [4.78, 5) is 0. The standard InChI is InChI=1S/C21H31ClO/c1-23-15-14-16-2-4-17(5-3-16)18-6-8-19(9-7-18)20-10-12-21(22)13-11-20/h10-13,16-19H,2-9,14-15H2,1H3. The monoisotopic (exact) mass is 334 g/mol. The number of hydrogen-bond acceptors (Lipinski definition) is 1. The lowest BCUT2D eigenvalue weighted by Gasteiger charge is -2.38. The van der Waals surface area contributed by atoms with Gasteiger partial charge < -0.3 is 4.74 Å². The summed E-state index contributed by atoms with van der Waals surface area (Å²) in [6.45, 7) is 0.946. The van der Waals surface area contributed by atoms with Crippen LogP contribution in [0, 0.1) is 17.8 Å². The minimum absolute atomic E-state index is 0.765. The molecule has 0 saturated heterocycles. The smallest absolute Gasteiger partial charge is 0.0464 e. The molecule has 128 valence electrons. The summed E-state index contributed by atoms with van der Waals surface area (Å²) < 4.78 is 5.24. The molecule has 23 heavy (non-hydrogen) atoms. The predicted molar refractivity (Wildman–Crippen MR) is 98.1 cm³/mol. The maximum absolute atomic E-state index is 6.01. The second-order valence-corrected chi connectivity index (χ2v) is 8.16. The van der Waals surface area contributed by atoms with E-state index in [1.165, 1.54) is 63.4 Å². The van der Waals surface area contributed by atoms with E-state index in [-0.39, 0.29) is 0 Å². The zero-order valence-electron chi connectivity index (χ0n) is 14.5. The number of halogens is 1. The molecule has 0 radical (unpaired) electrons. The summed E-state index contributed by atoms with van der Waals surface area (Å²) in [5, 5.41) is 0.854. The summed E-state index contributed by atoms with van der Waals surface area (Å²) in [7, 11) is 1.82. The first-order chi connectivity index (χ1) is 11.3. The highest BCUT2D eigenvalue weighted by Gasteiger charge is 2.31. The van der Waals surface area contributed by atoms with Gasteiger partial charge in [0.2, 0.25) is 0 Å². The van der Waals surface area contributed by atoms with Gasteiger partial charge in [0.15, 0.2) is 0 Å². The lowest BCUT2D eigenvalue weighted by molar-refractivity contribution is 0.129. The Morgan fingerprint density at radius 1 is 0.870 bits per heavy atom. The van der Waals surface area contributed by atoms with Crippen molar-refractivity contribution in [3.63, 3.8) is 0 Å². The molecule has 0 spiro atoms. The van der Waals surface area contributed by atoms with Crippen molar-refractivity contribution in [2.75, 3.05) is 13.7 Å². The van der Waals surface area contributed by atoms with E-state index < -0.39 is 0 Å². The van der Waals surface area contributed by atoms with Crippen molar-refractivity contribution < 1.29 is 4.74 Å². The summed E-state index contributed by atoms with van der Waals surface area (Å²) in [6.07, 6.45) is 12.7. The summed E-state index contributed by atoms with van der Waals surface area (Å²) in [5.41, 5.74) is 1.50. The van der Waals surface area contributed by atoms with Gasteiger partial charge in [-0.25, -0.2) is 0 Å². The van der Waals surface area contributed by atoms with Crippen LogP contribution in [0.2, 0.25) is 5.02 Å². The molecule has 2 aliphatic rings. The van der Waals surface area contributed by atoms with Crippen molar-refractivity contribution in [2.45, 2.75) is 63.7 Å². The molecule has 1 nitrogen and oxygen atoms in total. The Morgan fingerprint density at radius 3 is 2.00 bits per heavy atom. The first kappa shape index (κ1) is 17.3. The maximum Gasteiger partial charge on any atom is 0.0464 e. The van der Waals surface area contributed by atoms with E-state index in [1.807, 2.05) is 19.2 Å². The van der Waals surface area contributed by atoms with Crippen LogP contribution in [0.5, 0.6) is 0 Å². The molecule has 0 aromatic heterocycles. The van der Waals surface area contributed by atoms with Gasteiger partial charge in [0.1, 0.15) is 0 Å². The topological polar surface area (TPSA) is 9.23 Å². The number of benzene rings is 1. The molecule has 3 rings (SSSR count). The normalized spacial score (nSPS) is 31.9. The van der Waals surface area contributed by atoms with Crippen LogP contribution in [0.15, 0.2) is 24.3 Å². The van der Waals surface area contributed by atoms with Crippen molar-refractivity contribution in [3.8, 4) is 0 Å². The molecule has 2 heteroatoms. The lowest BCUT2D eigenvalue weighted by atomic mass is 9.68. The molecule has 2 saturated carbocycles. The fourth-order valence-corrected chi connectivity index (χ4v) is 5.02. The predicted octanol–water partition coefficient (Wildman–Crippen LogP) is 6.46. The summed E-state index contributed by atoms with van der Waals surface area (Å²) in [6, 6.07) is 8.55. The SMILES string of the molecule is COCCC1CCC(C2CCC(c3ccc(Cl)cc3)CC2)CC1. The van der Waals surface area contributed by atoms with Gasteiger partial charge in [-0.15, -0.1) is 0 Å². The van der Waals surface area contributed by atoms with E-state index in [9.17, 15) is 0 Å². The van der Waals surface area contributed by atoms with Crippen LogP contribution < -0.4 is 0 Å². The first-order valence-corrected chi connectivity index (χ1v) is 9.88. The van der Waals surface area contributed by atoms with Crippen molar-refractivity contribution in [1.29, 1.82) is 0 Å². The van der Waals surface area contributed by atoms with Crippen LogP contribution in [0.1, 0.15) is 69.3 Å².